The van der Waals surface area contributed by atoms with E-state index in [1.165, 1.54) is 4.31 Å². The summed E-state index contributed by atoms with van der Waals surface area (Å²) in [4.78, 5) is 12.1. The minimum atomic E-state index is -3.38. The third kappa shape index (κ3) is 5.77. The van der Waals surface area contributed by atoms with Crippen molar-refractivity contribution in [2.45, 2.75) is 40.0 Å². The second kappa shape index (κ2) is 8.29. The predicted molar refractivity (Wildman–Crippen MR) is 90.5 cm³/mol. The van der Waals surface area contributed by atoms with E-state index >= 15 is 0 Å². The van der Waals surface area contributed by atoms with Crippen LogP contribution in [-0.2, 0) is 14.8 Å². The summed E-state index contributed by atoms with van der Waals surface area (Å²) in [5.41, 5.74) is 2.81. The molecule has 0 heterocycles. The van der Waals surface area contributed by atoms with Gasteiger partial charge in [0.25, 0.3) is 0 Å². The zero-order chi connectivity index (χ0) is 16.8. The summed E-state index contributed by atoms with van der Waals surface area (Å²) in [6.45, 7) is 6.19. The molecule has 0 saturated carbocycles. The molecule has 0 spiro atoms. The number of anilines is 1. The van der Waals surface area contributed by atoms with Gasteiger partial charge >= 0.3 is 0 Å². The largest absolute Gasteiger partial charge is 0.325 e. The smallest absolute Gasteiger partial charge is 0.239 e. The topological polar surface area (TPSA) is 66.5 Å². The molecule has 1 rings (SSSR count). The third-order valence-electron chi connectivity index (χ3n) is 3.68. The first-order chi connectivity index (χ1) is 10.3. The van der Waals surface area contributed by atoms with Crippen molar-refractivity contribution in [2.75, 3.05) is 24.7 Å². The highest BCUT2D eigenvalue weighted by atomic mass is 32.2. The van der Waals surface area contributed by atoms with Crippen molar-refractivity contribution in [3.8, 4) is 0 Å². The lowest BCUT2D eigenvalue weighted by Crippen LogP contribution is -2.38. The number of carbonyl (C=O) groups is 1. The molecule has 0 fully saturated rings. The third-order valence-corrected chi connectivity index (χ3v) is 4.93. The molecular weight excluding hydrogens is 300 g/mol. The summed E-state index contributed by atoms with van der Waals surface area (Å²) in [7, 11) is -3.38. The zero-order valence-corrected chi connectivity index (χ0v) is 14.7. The highest BCUT2D eigenvalue weighted by molar-refractivity contribution is 7.88. The molecule has 0 atom stereocenters. The molecule has 6 heteroatoms. The fourth-order valence-electron chi connectivity index (χ4n) is 2.14. The second-order valence-electron chi connectivity index (χ2n) is 5.60. The van der Waals surface area contributed by atoms with Crippen LogP contribution in [0.15, 0.2) is 18.2 Å². The predicted octanol–water partition coefficient (Wildman–Crippen LogP) is 2.69. The van der Waals surface area contributed by atoms with Crippen molar-refractivity contribution in [1.82, 2.24) is 4.31 Å². The van der Waals surface area contributed by atoms with Gasteiger partial charge in [0.15, 0.2) is 0 Å². The molecule has 0 unspecified atom stereocenters. The van der Waals surface area contributed by atoms with Gasteiger partial charge in [-0.1, -0.05) is 31.9 Å². The normalized spacial score (nSPS) is 11.7. The number of unbranched alkanes of at least 4 members (excludes halogenated alkanes) is 2. The Hall–Kier alpha value is -1.40. The van der Waals surface area contributed by atoms with Crippen molar-refractivity contribution in [3.05, 3.63) is 29.3 Å². The number of carbonyl (C=O) groups excluding carboxylic acids is 1. The summed E-state index contributed by atoms with van der Waals surface area (Å²) in [5, 5.41) is 2.80. The Bertz CT molecular complexity index is 612. The molecule has 1 amide bonds. The highest BCUT2D eigenvalue weighted by Crippen LogP contribution is 2.18. The number of rotatable bonds is 8. The van der Waals surface area contributed by atoms with Gasteiger partial charge in [0.1, 0.15) is 0 Å². The van der Waals surface area contributed by atoms with E-state index in [9.17, 15) is 13.2 Å². The van der Waals surface area contributed by atoms with Gasteiger partial charge in [0, 0.05) is 12.2 Å². The van der Waals surface area contributed by atoms with E-state index in [1.807, 2.05) is 32.0 Å². The Morgan fingerprint density at radius 2 is 1.91 bits per heavy atom. The van der Waals surface area contributed by atoms with E-state index in [0.29, 0.717) is 6.54 Å². The quantitative estimate of drug-likeness (QED) is 0.747. The average molecular weight is 326 g/mol. The van der Waals surface area contributed by atoms with E-state index in [2.05, 4.69) is 12.2 Å². The summed E-state index contributed by atoms with van der Waals surface area (Å²) in [6.07, 6.45) is 3.86. The number of benzene rings is 1. The molecule has 0 saturated heterocycles. The zero-order valence-electron chi connectivity index (χ0n) is 13.8. The van der Waals surface area contributed by atoms with Crippen molar-refractivity contribution < 1.29 is 13.2 Å². The van der Waals surface area contributed by atoms with E-state index in [-0.39, 0.29) is 12.5 Å². The SMILES string of the molecule is CCCCCN(CC(=O)Nc1cccc(C)c1C)S(C)(=O)=O. The minimum absolute atomic E-state index is 0.143. The first kappa shape index (κ1) is 18.6. The van der Waals surface area contributed by atoms with Crippen molar-refractivity contribution in [1.29, 1.82) is 0 Å². The van der Waals surface area contributed by atoms with E-state index in [1.54, 1.807) is 0 Å². The molecule has 1 aromatic carbocycles. The summed E-state index contributed by atoms with van der Waals surface area (Å²) >= 11 is 0. The lowest BCUT2D eigenvalue weighted by molar-refractivity contribution is -0.116. The molecule has 5 nitrogen and oxygen atoms in total. The first-order valence-electron chi connectivity index (χ1n) is 7.57. The maximum atomic E-state index is 12.1. The minimum Gasteiger partial charge on any atom is -0.325 e. The molecular formula is C16H26N2O3S. The Morgan fingerprint density at radius 1 is 1.23 bits per heavy atom. The fraction of sp³-hybridized carbons (Fsp3) is 0.562. The van der Waals surface area contributed by atoms with Gasteiger partial charge in [0.2, 0.25) is 15.9 Å². The molecule has 0 aliphatic heterocycles. The van der Waals surface area contributed by atoms with Gasteiger partial charge in [-0.05, 0) is 37.5 Å². The maximum absolute atomic E-state index is 12.1. The first-order valence-corrected chi connectivity index (χ1v) is 9.41. The molecule has 1 aromatic rings. The van der Waals surface area contributed by atoms with Gasteiger partial charge in [-0.3, -0.25) is 4.79 Å². The Balaban J connectivity index is 2.73. The molecule has 0 aromatic heterocycles. The fourth-order valence-corrected chi connectivity index (χ4v) is 2.95. The number of aryl methyl sites for hydroxylation is 1. The van der Waals surface area contributed by atoms with Gasteiger partial charge in [0.05, 0.1) is 12.8 Å². The number of nitrogens with zero attached hydrogens (tertiary/aromatic N) is 1. The van der Waals surface area contributed by atoms with E-state index in [0.717, 1.165) is 42.3 Å². The van der Waals surface area contributed by atoms with Crippen LogP contribution >= 0.6 is 0 Å². The van der Waals surface area contributed by atoms with E-state index in [4.69, 9.17) is 0 Å². The molecule has 0 bridgehead atoms. The molecule has 1 N–H and O–H groups in total. The number of sulfonamides is 1. The van der Waals surface area contributed by atoms with Crippen LogP contribution in [0.2, 0.25) is 0 Å². The van der Waals surface area contributed by atoms with E-state index < -0.39 is 10.0 Å². The van der Waals surface area contributed by atoms with Crippen molar-refractivity contribution in [3.63, 3.8) is 0 Å². The maximum Gasteiger partial charge on any atom is 0.239 e. The number of amides is 1. The van der Waals surface area contributed by atoms with Gasteiger partial charge in [-0.2, -0.15) is 4.31 Å². The van der Waals surface area contributed by atoms with Crippen LogP contribution in [0.1, 0.15) is 37.3 Å². The van der Waals surface area contributed by atoms with Crippen LogP contribution in [0.3, 0.4) is 0 Å². The van der Waals surface area contributed by atoms with Crippen LogP contribution in [0.25, 0.3) is 0 Å². The number of hydrogen-bond acceptors (Lipinski definition) is 3. The van der Waals surface area contributed by atoms with Crippen molar-refractivity contribution >= 4 is 21.6 Å². The van der Waals surface area contributed by atoms with Gasteiger partial charge < -0.3 is 5.32 Å². The van der Waals surface area contributed by atoms with Gasteiger partial charge in [-0.15, -0.1) is 0 Å². The summed E-state index contributed by atoms with van der Waals surface area (Å²) in [6, 6.07) is 5.66. The van der Waals surface area contributed by atoms with Gasteiger partial charge in [-0.25, -0.2) is 8.42 Å². The monoisotopic (exact) mass is 326 g/mol. The molecule has 124 valence electrons. The van der Waals surface area contributed by atoms with Crippen LogP contribution < -0.4 is 5.32 Å². The second-order valence-corrected chi connectivity index (χ2v) is 7.58. The summed E-state index contributed by atoms with van der Waals surface area (Å²) in [5.74, 6) is -0.310. The standard InChI is InChI=1S/C16H26N2O3S/c1-5-6-7-11-18(22(4,20)21)12-16(19)17-15-10-8-9-13(2)14(15)3/h8-10H,5-7,11-12H2,1-4H3,(H,17,19). The molecule has 22 heavy (non-hydrogen) atoms. The Morgan fingerprint density at radius 3 is 2.50 bits per heavy atom. The average Bonchev–Trinajstić information content (AvgIpc) is 2.42. The Kier molecular flexibility index (Phi) is 7.03. The van der Waals surface area contributed by atoms with Crippen LogP contribution in [0.5, 0.6) is 0 Å². The van der Waals surface area contributed by atoms with Crippen LogP contribution in [0.4, 0.5) is 5.69 Å². The highest BCUT2D eigenvalue weighted by Gasteiger charge is 2.20. The number of hydrogen-bond donors (Lipinski definition) is 1. The lowest BCUT2D eigenvalue weighted by atomic mass is 10.1. The van der Waals surface area contributed by atoms with Crippen LogP contribution in [-0.4, -0.2) is 38.0 Å². The molecule has 0 radical (unpaired) electrons. The molecule has 0 aliphatic carbocycles. The summed E-state index contributed by atoms with van der Waals surface area (Å²) < 4.78 is 24.8. The lowest BCUT2D eigenvalue weighted by Gasteiger charge is -2.20. The Labute approximate surface area is 133 Å². The van der Waals surface area contributed by atoms with Crippen molar-refractivity contribution in [2.24, 2.45) is 0 Å². The van der Waals surface area contributed by atoms with Crippen LogP contribution in [0, 0.1) is 13.8 Å². The molecule has 0 aliphatic rings. The number of nitrogens with one attached hydrogen (secondary N) is 1.